The molecule has 0 bridgehead atoms. The molecule has 1 aliphatic rings. The largest absolute Gasteiger partial charge is 0.457 e. The topological polar surface area (TPSA) is 44.9 Å². The molecule has 0 amide bonds. The summed E-state index contributed by atoms with van der Waals surface area (Å²) in [6.07, 6.45) is 2.99. The SMILES string of the molecule is CC(C)(C)c1cc(Oc2ccc3c4ccccc4n(-c4cc(C(C)(C)C)ccn4)c3c2)cc(-c2nc3cc4c5c(cccc5c3n2-c2ccc(C(C)(C)C)cc2-c2ccccc2)C(C)(C)CC4(C)C)c1. The summed E-state index contributed by atoms with van der Waals surface area (Å²) >= 11 is 0. The van der Waals surface area contributed by atoms with E-state index >= 15 is 0 Å². The zero-order chi connectivity index (χ0) is 49.3. The van der Waals surface area contributed by atoms with Gasteiger partial charge in [0.2, 0.25) is 0 Å². The predicted octanol–water partition coefficient (Wildman–Crippen LogP) is 17.6. The summed E-state index contributed by atoms with van der Waals surface area (Å²) in [5.41, 5.74) is 14.8. The van der Waals surface area contributed by atoms with Gasteiger partial charge in [-0.2, -0.15) is 0 Å². The molecule has 11 rings (SSSR count). The Morgan fingerprint density at radius 1 is 0.500 bits per heavy atom. The maximum Gasteiger partial charge on any atom is 0.145 e. The number of para-hydroxylation sites is 1. The highest BCUT2D eigenvalue weighted by Gasteiger charge is 2.40. The van der Waals surface area contributed by atoms with Crippen molar-refractivity contribution in [3.8, 4) is 45.5 Å². The molecule has 0 spiro atoms. The highest BCUT2D eigenvalue weighted by atomic mass is 16.5. The fraction of sp³-hybridized carbons (Fsp3) is 0.292. The van der Waals surface area contributed by atoms with Gasteiger partial charge in [-0.05, 0) is 139 Å². The Morgan fingerprint density at radius 2 is 1.17 bits per heavy atom. The highest BCUT2D eigenvalue weighted by molar-refractivity contribution is 6.11. The monoisotopic (exact) mass is 919 g/mol. The molecule has 352 valence electrons. The lowest BCUT2D eigenvalue weighted by Crippen LogP contribution is -2.34. The van der Waals surface area contributed by atoms with E-state index in [9.17, 15) is 0 Å². The lowest BCUT2D eigenvalue weighted by Gasteiger charge is -2.42. The number of aromatic nitrogens is 4. The van der Waals surface area contributed by atoms with E-state index in [1.807, 2.05) is 6.20 Å². The van der Waals surface area contributed by atoms with E-state index < -0.39 is 0 Å². The number of ether oxygens (including phenoxy) is 1. The first kappa shape index (κ1) is 45.5. The third kappa shape index (κ3) is 7.60. The van der Waals surface area contributed by atoms with E-state index in [1.54, 1.807) is 0 Å². The van der Waals surface area contributed by atoms with Crippen LogP contribution in [0.1, 0.15) is 124 Å². The predicted molar refractivity (Wildman–Crippen MR) is 295 cm³/mol. The molecule has 7 aromatic carbocycles. The average Bonchev–Trinajstić information content (AvgIpc) is 3.86. The van der Waals surface area contributed by atoms with Gasteiger partial charge in [0.05, 0.1) is 27.8 Å². The van der Waals surface area contributed by atoms with Gasteiger partial charge in [-0.15, -0.1) is 0 Å². The van der Waals surface area contributed by atoms with Crippen molar-refractivity contribution in [2.45, 2.75) is 124 Å². The third-order valence-electron chi connectivity index (χ3n) is 15.1. The maximum absolute atomic E-state index is 7.13. The van der Waals surface area contributed by atoms with Gasteiger partial charge in [-0.1, -0.05) is 163 Å². The summed E-state index contributed by atoms with van der Waals surface area (Å²) < 4.78 is 11.9. The summed E-state index contributed by atoms with van der Waals surface area (Å²) in [5, 5.41) is 4.93. The molecule has 0 N–H and O–H groups in total. The van der Waals surface area contributed by atoms with Crippen molar-refractivity contribution in [3.63, 3.8) is 0 Å². The van der Waals surface area contributed by atoms with Gasteiger partial charge in [0.1, 0.15) is 23.1 Å². The Hall–Kier alpha value is -6.98. The first-order chi connectivity index (χ1) is 33.1. The van der Waals surface area contributed by atoms with E-state index in [0.717, 1.165) is 73.8 Å². The first-order valence-electron chi connectivity index (χ1n) is 25.1. The number of pyridine rings is 1. The average molecular weight is 919 g/mol. The summed E-state index contributed by atoms with van der Waals surface area (Å²) in [7, 11) is 0. The summed E-state index contributed by atoms with van der Waals surface area (Å²) in [6.45, 7) is 30.1. The second-order valence-electron chi connectivity index (χ2n) is 24.4. The number of hydrogen-bond acceptors (Lipinski definition) is 3. The maximum atomic E-state index is 7.13. The molecule has 5 nitrogen and oxygen atoms in total. The van der Waals surface area contributed by atoms with E-state index in [2.05, 4.69) is 245 Å². The van der Waals surface area contributed by atoms with Crippen molar-refractivity contribution in [3.05, 3.63) is 180 Å². The number of rotatable bonds is 6. The number of hydrogen-bond donors (Lipinski definition) is 0. The van der Waals surface area contributed by atoms with Crippen LogP contribution in [-0.2, 0) is 27.1 Å². The molecule has 0 saturated carbocycles. The van der Waals surface area contributed by atoms with Crippen LogP contribution in [-0.4, -0.2) is 19.1 Å². The highest BCUT2D eigenvalue weighted by Crippen LogP contribution is 2.52. The van der Waals surface area contributed by atoms with Gasteiger partial charge in [0.15, 0.2) is 0 Å². The van der Waals surface area contributed by atoms with Crippen LogP contribution in [0.25, 0.3) is 77.6 Å². The molecule has 5 heteroatoms. The smallest absolute Gasteiger partial charge is 0.145 e. The molecule has 0 aliphatic heterocycles. The fourth-order valence-electron chi connectivity index (χ4n) is 11.5. The van der Waals surface area contributed by atoms with Crippen LogP contribution in [0.5, 0.6) is 11.5 Å². The summed E-state index contributed by atoms with van der Waals surface area (Å²) in [6, 6.07) is 53.5. The van der Waals surface area contributed by atoms with Crippen molar-refractivity contribution in [2.75, 3.05) is 0 Å². The molecule has 0 atom stereocenters. The van der Waals surface area contributed by atoms with Gasteiger partial charge in [0.25, 0.3) is 0 Å². The van der Waals surface area contributed by atoms with Gasteiger partial charge in [-0.3, -0.25) is 9.13 Å². The minimum absolute atomic E-state index is 0.00143. The Kier molecular flexibility index (Phi) is 10.2. The third-order valence-corrected chi connectivity index (χ3v) is 15.1. The summed E-state index contributed by atoms with van der Waals surface area (Å²) in [4.78, 5) is 10.7. The van der Waals surface area contributed by atoms with Crippen LogP contribution >= 0.6 is 0 Å². The molecular formula is C65H66N4O. The summed E-state index contributed by atoms with van der Waals surface area (Å²) in [5.74, 6) is 3.29. The Morgan fingerprint density at radius 3 is 1.91 bits per heavy atom. The molecule has 0 saturated heterocycles. The lowest BCUT2D eigenvalue weighted by molar-refractivity contribution is 0.341. The van der Waals surface area contributed by atoms with Crippen LogP contribution in [0.15, 0.2) is 152 Å². The quantitative estimate of drug-likeness (QED) is 0.167. The standard InChI is InChI=1S/C65H66N4O/c1-61(2,3)42-26-29-55(50(35-42)40-20-15-14-16-21-40)69-59-49-23-19-24-51-58(49)52(65(12,13)39-64(51,10)11)38-53(59)67-60(69)41-32-44(63(7,8)9)34-46(33-41)70-45-27-28-48-47-22-17-18-25-54(47)68(56(48)37-45)57-36-43(30-31-66-57)62(4,5)6/h14-38H,39H2,1-13H3. The first-order valence-corrected chi connectivity index (χ1v) is 25.1. The normalized spacial score (nSPS) is 14.8. The molecule has 0 unspecified atom stereocenters. The zero-order valence-electron chi connectivity index (χ0n) is 43.3. The van der Waals surface area contributed by atoms with Gasteiger partial charge < -0.3 is 4.74 Å². The molecule has 70 heavy (non-hydrogen) atoms. The van der Waals surface area contributed by atoms with Gasteiger partial charge in [0, 0.05) is 39.5 Å². The number of fused-ring (bicyclic) bond motifs is 5. The minimum atomic E-state index is -0.197. The van der Waals surface area contributed by atoms with Crippen molar-refractivity contribution in [2.24, 2.45) is 0 Å². The molecule has 10 aromatic rings. The Labute approximate surface area is 414 Å². The van der Waals surface area contributed by atoms with Crippen LogP contribution in [0.2, 0.25) is 0 Å². The van der Waals surface area contributed by atoms with Crippen LogP contribution in [0.4, 0.5) is 0 Å². The Balaban J connectivity index is 1.17. The number of nitrogens with zero attached hydrogens (tertiary/aromatic N) is 4. The van der Waals surface area contributed by atoms with Crippen LogP contribution in [0, 0.1) is 0 Å². The zero-order valence-corrected chi connectivity index (χ0v) is 43.3. The van der Waals surface area contributed by atoms with Gasteiger partial charge in [-0.25, -0.2) is 9.97 Å². The molecule has 3 aromatic heterocycles. The number of imidazole rings is 1. The molecule has 0 fully saturated rings. The van der Waals surface area contributed by atoms with E-state index in [4.69, 9.17) is 14.7 Å². The second kappa shape index (κ2) is 15.8. The van der Waals surface area contributed by atoms with E-state index in [-0.39, 0.29) is 27.1 Å². The van der Waals surface area contributed by atoms with Crippen LogP contribution < -0.4 is 4.74 Å². The van der Waals surface area contributed by atoms with Gasteiger partial charge >= 0.3 is 0 Å². The van der Waals surface area contributed by atoms with Crippen LogP contribution in [0.3, 0.4) is 0 Å². The van der Waals surface area contributed by atoms with E-state index in [0.29, 0.717) is 0 Å². The van der Waals surface area contributed by atoms with E-state index in [1.165, 1.54) is 49.5 Å². The van der Waals surface area contributed by atoms with Crippen molar-refractivity contribution < 1.29 is 4.74 Å². The number of benzene rings is 7. The van der Waals surface area contributed by atoms with Crippen molar-refractivity contribution >= 4 is 43.6 Å². The molecule has 0 radical (unpaired) electrons. The Bertz CT molecular complexity index is 3710. The van der Waals surface area contributed by atoms with Crippen molar-refractivity contribution in [1.82, 2.24) is 19.1 Å². The van der Waals surface area contributed by atoms with Crippen molar-refractivity contribution in [1.29, 1.82) is 0 Å². The molecule has 1 aliphatic carbocycles. The molecular weight excluding hydrogens is 853 g/mol. The second-order valence-corrected chi connectivity index (χ2v) is 24.4. The molecule has 3 heterocycles. The minimum Gasteiger partial charge on any atom is -0.457 e. The lowest BCUT2D eigenvalue weighted by atomic mass is 9.62. The fourth-order valence-corrected chi connectivity index (χ4v) is 11.5.